The molecule has 1 unspecified atom stereocenters. The molecule has 6 nitrogen and oxygen atoms in total. The summed E-state index contributed by atoms with van der Waals surface area (Å²) in [5.74, 6) is 2.11. The lowest BCUT2D eigenvalue weighted by Crippen LogP contribution is -2.37. The van der Waals surface area contributed by atoms with Crippen molar-refractivity contribution in [2.45, 2.75) is 31.2 Å². The number of nitrogens with one attached hydrogen (secondary N) is 2. The van der Waals surface area contributed by atoms with E-state index < -0.39 is 10.0 Å². The van der Waals surface area contributed by atoms with Gasteiger partial charge in [0, 0.05) is 6.54 Å². The molecule has 0 fully saturated rings. The first-order valence-electron chi connectivity index (χ1n) is 7.09. The minimum atomic E-state index is -3.69. The Morgan fingerprint density at radius 3 is 2.50 bits per heavy atom. The standard InChI is InChI=1S/C14H23N3O3S2/c1-3-21-10-4-9-16-14(18)17-11(2)12-5-7-13(8-6-12)22(15,19)20/h5-8,11H,3-4,9-10H2,1-2H3,(H2,15,19,20)(H2,16,17,18). The first-order chi connectivity index (χ1) is 10.3. The van der Waals surface area contributed by atoms with E-state index in [-0.39, 0.29) is 17.0 Å². The Bertz CT molecular complexity index is 574. The normalized spacial score (nSPS) is 12.7. The van der Waals surface area contributed by atoms with Crippen LogP contribution in [0.25, 0.3) is 0 Å². The minimum Gasteiger partial charge on any atom is -0.338 e. The molecular weight excluding hydrogens is 322 g/mol. The van der Waals surface area contributed by atoms with Gasteiger partial charge in [0.05, 0.1) is 10.9 Å². The van der Waals surface area contributed by atoms with Crippen LogP contribution < -0.4 is 15.8 Å². The molecule has 124 valence electrons. The van der Waals surface area contributed by atoms with Gasteiger partial charge in [-0.05, 0) is 42.5 Å². The largest absolute Gasteiger partial charge is 0.338 e. The van der Waals surface area contributed by atoms with Crippen molar-refractivity contribution in [3.8, 4) is 0 Å². The van der Waals surface area contributed by atoms with E-state index in [0.29, 0.717) is 6.54 Å². The van der Waals surface area contributed by atoms with Gasteiger partial charge in [-0.15, -0.1) is 0 Å². The fourth-order valence-electron chi connectivity index (χ4n) is 1.80. The van der Waals surface area contributed by atoms with Crippen molar-refractivity contribution in [3.05, 3.63) is 29.8 Å². The van der Waals surface area contributed by atoms with E-state index in [0.717, 1.165) is 23.5 Å². The van der Waals surface area contributed by atoms with Crippen molar-refractivity contribution in [2.24, 2.45) is 5.14 Å². The average Bonchev–Trinajstić information content (AvgIpc) is 2.46. The summed E-state index contributed by atoms with van der Waals surface area (Å²) < 4.78 is 22.4. The Kier molecular flexibility index (Phi) is 7.70. The van der Waals surface area contributed by atoms with E-state index in [4.69, 9.17) is 5.14 Å². The molecule has 0 aliphatic heterocycles. The van der Waals surface area contributed by atoms with Crippen LogP contribution in [0.1, 0.15) is 31.9 Å². The van der Waals surface area contributed by atoms with Crippen molar-refractivity contribution in [2.75, 3.05) is 18.1 Å². The van der Waals surface area contributed by atoms with Crippen molar-refractivity contribution < 1.29 is 13.2 Å². The monoisotopic (exact) mass is 345 g/mol. The summed E-state index contributed by atoms with van der Waals surface area (Å²) in [6.45, 7) is 4.57. The third-order valence-electron chi connectivity index (χ3n) is 3.01. The number of amides is 2. The van der Waals surface area contributed by atoms with Gasteiger partial charge in [-0.2, -0.15) is 11.8 Å². The Labute approximate surface area is 136 Å². The van der Waals surface area contributed by atoms with Gasteiger partial charge in [0.1, 0.15) is 0 Å². The third-order valence-corrected chi connectivity index (χ3v) is 4.93. The van der Waals surface area contributed by atoms with Crippen molar-refractivity contribution in [1.29, 1.82) is 0 Å². The maximum atomic E-state index is 11.7. The highest BCUT2D eigenvalue weighted by Crippen LogP contribution is 2.15. The second-order valence-corrected chi connectivity index (χ2v) is 7.74. The summed E-state index contributed by atoms with van der Waals surface area (Å²) >= 11 is 1.84. The Balaban J connectivity index is 2.44. The van der Waals surface area contributed by atoms with Gasteiger partial charge in [0.15, 0.2) is 0 Å². The van der Waals surface area contributed by atoms with Crippen LogP contribution in [0.3, 0.4) is 0 Å². The number of carbonyl (C=O) groups is 1. The van der Waals surface area contributed by atoms with Crippen LogP contribution in [0.2, 0.25) is 0 Å². The van der Waals surface area contributed by atoms with Gasteiger partial charge in [-0.3, -0.25) is 0 Å². The number of nitrogens with two attached hydrogens (primary N) is 1. The zero-order valence-electron chi connectivity index (χ0n) is 12.8. The van der Waals surface area contributed by atoms with Gasteiger partial charge < -0.3 is 10.6 Å². The van der Waals surface area contributed by atoms with E-state index in [2.05, 4.69) is 17.6 Å². The molecule has 0 heterocycles. The maximum Gasteiger partial charge on any atom is 0.315 e. The molecule has 22 heavy (non-hydrogen) atoms. The molecule has 0 spiro atoms. The molecule has 1 aromatic carbocycles. The van der Waals surface area contributed by atoms with Crippen LogP contribution in [-0.4, -0.2) is 32.5 Å². The lowest BCUT2D eigenvalue weighted by atomic mass is 10.1. The zero-order chi connectivity index (χ0) is 16.6. The van der Waals surface area contributed by atoms with E-state index in [1.807, 2.05) is 18.7 Å². The van der Waals surface area contributed by atoms with Crippen LogP contribution in [0, 0.1) is 0 Å². The number of sulfonamides is 1. The molecule has 1 atom stereocenters. The molecule has 1 rings (SSSR count). The Morgan fingerprint density at radius 1 is 1.32 bits per heavy atom. The number of primary sulfonamides is 1. The highest BCUT2D eigenvalue weighted by atomic mass is 32.2. The van der Waals surface area contributed by atoms with Crippen LogP contribution in [0.15, 0.2) is 29.2 Å². The molecule has 8 heteroatoms. The minimum absolute atomic E-state index is 0.0568. The first-order valence-corrected chi connectivity index (χ1v) is 9.79. The fourth-order valence-corrected chi connectivity index (χ4v) is 2.95. The number of hydrogen-bond donors (Lipinski definition) is 3. The Morgan fingerprint density at radius 2 is 1.95 bits per heavy atom. The summed E-state index contributed by atoms with van der Waals surface area (Å²) in [5.41, 5.74) is 0.809. The molecule has 2 amide bonds. The number of thioether (sulfide) groups is 1. The van der Waals surface area contributed by atoms with E-state index >= 15 is 0 Å². The highest BCUT2D eigenvalue weighted by molar-refractivity contribution is 7.99. The van der Waals surface area contributed by atoms with Gasteiger partial charge in [0.2, 0.25) is 10.0 Å². The quantitative estimate of drug-likeness (QED) is 0.626. The smallest absolute Gasteiger partial charge is 0.315 e. The van der Waals surface area contributed by atoms with E-state index in [9.17, 15) is 13.2 Å². The van der Waals surface area contributed by atoms with Crippen molar-refractivity contribution in [3.63, 3.8) is 0 Å². The SMILES string of the molecule is CCSCCCNC(=O)NC(C)c1ccc(S(N)(=O)=O)cc1. The molecule has 0 aliphatic rings. The summed E-state index contributed by atoms with van der Waals surface area (Å²) in [6, 6.07) is 5.69. The van der Waals surface area contributed by atoms with Crippen LogP contribution in [0.5, 0.6) is 0 Å². The predicted octanol–water partition coefficient (Wildman–Crippen LogP) is 1.84. The van der Waals surface area contributed by atoms with Gasteiger partial charge in [0.25, 0.3) is 0 Å². The molecule has 0 bridgehead atoms. The van der Waals surface area contributed by atoms with Crippen molar-refractivity contribution in [1.82, 2.24) is 10.6 Å². The molecule has 4 N–H and O–H groups in total. The van der Waals surface area contributed by atoms with Gasteiger partial charge in [-0.1, -0.05) is 19.1 Å². The number of urea groups is 1. The molecule has 0 saturated heterocycles. The second kappa shape index (κ2) is 9.02. The lowest BCUT2D eigenvalue weighted by Gasteiger charge is -2.15. The Hall–Kier alpha value is -1.25. The molecule has 0 aliphatic carbocycles. The molecule has 0 radical (unpaired) electrons. The van der Waals surface area contributed by atoms with Gasteiger partial charge in [-0.25, -0.2) is 18.4 Å². The second-order valence-electron chi connectivity index (χ2n) is 4.79. The zero-order valence-corrected chi connectivity index (χ0v) is 14.5. The molecule has 0 saturated carbocycles. The summed E-state index contributed by atoms with van der Waals surface area (Å²) in [7, 11) is -3.69. The summed E-state index contributed by atoms with van der Waals surface area (Å²) in [4.78, 5) is 11.8. The number of carbonyl (C=O) groups excluding carboxylic acids is 1. The predicted molar refractivity (Wildman–Crippen MR) is 90.4 cm³/mol. The molecule has 0 aromatic heterocycles. The van der Waals surface area contributed by atoms with Gasteiger partial charge >= 0.3 is 6.03 Å². The van der Waals surface area contributed by atoms with Crippen LogP contribution in [-0.2, 0) is 10.0 Å². The first kappa shape index (κ1) is 18.8. The lowest BCUT2D eigenvalue weighted by molar-refractivity contribution is 0.238. The molecule has 1 aromatic rings. The maximum absolute atomic E-state index is 11.7. The summed E-state index contributed by atoms with van der Waals surface area (Å²) in [5, 5.41) is 10.7. The number of benzene rings is 1. The third kappa shape index (κ3) is 6.67. The van der Waals surface area contributed by atoms with Crippen molar-refractivity contribution >= 4 is 27.8 Å². The average molecular weight is 345 g/mol. The topological polar surface area (TPSA) is 101 Å². The summed E-state index contributed by atoms with van der Waals surface area (Å²) in [6.07, 6.45) is 0.934. The fraction of sp³-hybridized carbons (Fsp3) is 0.500. The number of hydrogen-bond acceptors (Lipinski definition) is 4. The number of rotatable bonds is 8. The molecular formula is C14H23N3O3S2. The highest BCUT2D eigenvalue weighted by Gasteiger charge is 2.11. The van der Waals surface area contributed by atoms with E-state index in [1.54, 1.807) is 12.1 Å². The van der Waals surface area contributed by atoms with E-state index in [1.165, 1.54) is 12.1 Å². The van der Waals surface area contributed by atoms with Crippen LogP contribution >= 0.6 is 11.8 Å². The van der Waals surface area contributed by atoms with Crippen LogP contribution in [0.4, 0.5) is 4.79 Å².